The summed E-state index contributed by atoms with van der Waals surface area (Å²) in [6.45, 7) is 0.614. The molecular formula is C10H11ClN2O. The smallest absolute Gasteiger partial charge is 0.233 e. The maximum Gasteiger partial charge on any atom is 0.233 e. The average molecular weight is 211 g/mol. The number of hydrogen-bond donors (Lipinski definition) is 2. The van der Waals surface area contributed by atoms with Crippen molar-refractivity contribution in [1.82, 2.24) is 5.32 Å². The molecule has 0 radical (unpaired) electrons. The Morgan fingerprint density at radius 2 is 2.36 bits per heavy atom. The van der Waals surface area contributed by atoms with Crippen LogP contribution in [0.25, 0.3) is 0 Å². The van der Waals surface area contributed by atoms with Gasteiger partial charge in [0.25, 0.3) is 0 Å². The van der Waals surface area contributed by atoms with Crippen molar-refractivity contribution < 1.29 is 4.79 Å². The third-order valence-corrected chi connectivity index (χ3v) is 2.71. The normalized spacial score (nSPS) is 19.3. The molecule has 74 valence electrons. The molecule has 1 aromatic rings. The molecule has 0 bridgehead atoms. The number of fused-ring (bicyclic) bond motifs is 1. The van der Waals surface area contributed by atoms with Crippen molar-refractivity contribution in [2.24, 2.45) is 0 Å². The lowest BCUT2D eigenvalue weighted by Crippen LogP contribution is -2.23. The molecule has 1 unspecified atom stereocenters. The van der Waals surface area contributed by atoms with Crippen LogP contribution in [0.5, 0.6) is 0 Å². The SMILES string of the molecule is CNCC1C(=O)Nc2cccc(Cl)c21. The molecule has 1 heterocycles. The molecule has 0 fully saturated rings. The minimum absolute atomic E-state index is 0.0162. The van der Waals surface area contributed by atoms with Crippen molar-refractivity contribution in [3.8, 4) is 0 Å². The van der Waals surface area contributed by atoms with Crippen LogP contribution < -0.4 is 10.6 Å². The molecule has 0 saturated carbocycles. The van der Waals surface area contributed by atoms with Crippen LogP contribution in [-0.2, 0) is 4.79 Å². The Morgan fingerprint density at radius 1 is 1.57 bits per heavy atom. The predicted octanol–water partition coefficient (Wildman–Crippen LogP) is 1.60. The van der Waals surface area contributed by atoms with Crippen LogP contribution in [0, 0.1) is 0 Å². The van der Waals surface area contributed by atoms with Gasteiger partial charge in [0.1, 0.15) is 0 Å². The number of anilines is 1. The largest absolute Gasteiger partial charge is 0.325 e. The van der Waals surface area contributed by atoms with Crippen LogP contribution in [0.3, 0.4) is 0 Å². The predicted molar refractivity (Wildman–Crippen MR) is 56.7 cm³/mol. The molecule has 0 aliphatic carbocycles. The first-order valence-corrected chi connectivity index (χ1v) is 4.85. The molecular weight excluding hydrogens is 200 g/mol. The molecule has 14 heavy (non-hydrogen) atoms. The van der Waals surface area contributed by atoms with Crippen LogP contribution in [0.15, 0.2) is 18.2 Å². The Balaban J connectivity index is 2.44. The van der Waals surface area contributed by atoms with E-state index in [1.54, 1.807) is 0 Å². The van der Waals surface area contributed by atoms with Crippen LogP contribution in [0.4, 0.5) is 5.69 Å². The second-order valence-corrected chi connectivity index (χ2v) is 3.71. The van der Waals surface area contributed by atoms with E-state index in [4.69, 9.17) is 11.6 Å². The van der Waals surface area contributed by atoms with E-state index in [1.165, 1.54) is 0 Å². The number of benzene rings is 1. The zero-order valence-corrected chi connectivity index (χ0v) is 8.56. The van der Waals surface area contributed by atoms with Crippen LogP contribution >= 0.6 is 11.6 Å². The van der Waals surface area contributed by atoms with Gasteiger partial charge in [-0.3, -0.25) is 4.79 Å². The Labute approximate surface area is 87.4 Å². The van der Waals surface area contributed by atoms with Gasteiger partial charge in [-0.1, -0.05) is 17.7 Å². The number of amides is 1. The van der Waals surface area contributed by atoms with Crippen molar-refractivity contribution in [1.29, 1.82) is 0 Å². The maximum atomic E-state index is 11.6. The number of nitrogens with one attached hydrogen (secondary N) is 2. The van der Waals surface area contributed by atoms with Crippen molar-refractivity contribution in [3.63, 3.8) is 0 Å². The summed E-state index contributed by atoms with van der Waals surface area (Å²) < 4.78 is 0. The van der Waals surface area contributed by atoms with E-state index in [1.807, 2.05) is 25.2 Å². The highest BCUT2D eigenvalue weighted by Crippen LogP contribution is 2.37. The topological polar surface area (TPSA) is 41.1 Å². The van der Waals surface area contributed by atoms with E-state index in [2.05, 4.69) is 10.6 Å². The summed E-state index contributed by atoms with van der Waals surface area (Å²) in [7, 11) is 1.82. The first-order valence-electron chi connectivity index (χ1n) is 4.48. The monoisotopic (exact) mass is 210 g/mol. The summed E-state index contributed by atoms with van der Waals surface area (Å²) >= 11 is 6.05. The third kappa shape index (κ3) is 1.38. The van der Waals surface area contributed by atoms with E-state index in [0.29, 0.717) is 11.6 Å². The van der Waals surface area contributed by atoms with E-state index in [9.17, 15) is 4.79 Å². The quantitative estimate of drug-likeness (QED) is 0.779. The standard InChI is InChI=1S/C10H11ClN2O/c1-12-5-6-9-7(11)3-2-4-8(9)13-10(6)14/h2-4,6,12H,5H2,1H3,(H,13,14). The van der Waals surface area contributed by atoms with Gasteiger partial charge in [0.2, 0.25) is 5.91 Å². The van der Waals surface area contributed by atoms with Gasteiger partial charge in [0.15, 0.2) is 0 Å². The fourth-order valence-corrected chi connectivity index (χ4v) is 2.06. The maximum absolute atomic E-state index is 11.6. The highest BCUT2D eigenvalue weighted by Gasteiger charge is 2.31. The Kier molecular flexibility index (Phi) is 2.44. The summed E-state index contributed by atoms with van der Waals surface area (Å²) in [4.78, 5) is 11.6. The third-order valence-electron chi connectivity index (χ3n) is 2.38. The molecule has 0 saturated heterocycles. The minimum atomic E-state index is -0.163. The molecule has 4 heteroatoms. The van der Waals surface area contributed by atoms with Gasteiger partial charge in [0, 0.05) is 22.8 Å². The van der Waals surface area contributed by atoms with E-state index < -0.39 is 0 Å². The molecule has 1 aliphatic rings. The van der Waals surface area contributed by atoms with Crippen LogP contribution in [0.1, 0.15) is 11.5 Å². The summed E-state index contributed by atoms with van der Waals surface area (Å²) in [6, 6.07) is 5.52. The number of carbonyl (C=O) groups excluding carboxylic acids is 1. The Bertz CT molecular complexity index is 378. The molecule has 1 aromatic carbocycles. The lowest BCUT2D eigenvalue weighted by molar-refractivity contribution is -0.116. The van der Waals surface area contributed by atoms with E-state index in [0.717, 1.165) is 11.3 Å². The number of halogens is 1. The second kappa shape index (κ2) is 3.59. The molecule has 1 aliphatic heterocycles. The van der Waals surface area contributed by atoms with E-state index in [-0.39, 0.29) is 11.8 Å². The van der Waals surface area contributed by atoms with Crippen LogP contribution in [0.2, 0.25) is 5.02 Å². The van der Waals surface area contributed by atoms with Gasteiger partial charge < -0.3 is 10.6 Å². The zero-order valence-electron chi connectivity index (χ0n) is 7.80. The zero-order chi connectivity index (χ0) is 10.1. The van der Waals surface area contributed by atoms with Gasteiger partial charge in [-0.15, -0.1) is 0 Å². The second-order valence-electron chi connectivity index (χ2n) is 3.30. The van der Waals surface area contributed by atoms with Crippen molar-refractivity contribution >= 4 is 23.2 Å². The summed E-state index contributed by atoms with van der Waals surface area (Å²) in [5.74, 6) is -0.147. The Morgan fingerprint density at radius 3 is 3.07 bits per heavy atom. The first kappa shape index (κ1) is 9.49. The molecule has 0 spiro atoms. The number of likely N-dealkylation sites (N-methyl/N-ethyl adjacent to an activating group) is 1. The fourth-order valence-electron chi connectivity index (χ4n) is 1.75. The van der Waals surface area contributed by atoms with Gasteiger partial charge >= 0.3 is 0 Å². The number of hydrogen-bond acceptors (Lipinski definition) is 2. The highest BCUT2D eigenvalue weighted by molar-refractivity contribution is 6.32. The lowest BCUT2D eigenvalue weighted by Gasteiger charge is -2.08. The first-order chi connectivity index (χ1) is 6.74. The molecule has 2 rings (SSSR count). The molecule has 3 nitrogen and oxygen atoms in total. The molecule has 0 aromatic heterocycles. The average Bonchev–Trinajstić information content (AvgIpc) is 2.45. The fraction of sp³-hybridized carbons (Fsp3) is 0.300. The van der Waals surface area contributed by atoms with Gasteiger partial charge in [-0.2, -0.15) is 0 Å². The molecule has 2 N–H and O–H groups in total. The van der Waals surface area contributed by atoms with Gasteiger partial charge in [-0.05, 0) is 19.2 Å². The highest BCUT2D eigenvalue weighted by atomic mass is 35.5. The minimum Gasteiger partial charge on any atom is -0.325 e. The van der Waals surface area contributed by atoms with Gasteiger partial charge in [-0.25, -0.2) is 0 Å². The number of rotatable bonds is 2. The Hall–Kier alpha value is -1.06. The van der Waals surface area contributed by atoms with Crippen molar-refractivity contribution in [2.75, 3.05) is 18.9 Å². The van der Waals surface area contributed by atoms with Crippen molar-refractivity contribution in [3.05, 3.63) is 28.8 Å². The summed E-state index contributed by atoms with van der Waals surface area (Å²) in [5, 5.41) is 6.45. The summed E-state index contributed by atoms with van der Waals surface area (Å²) in [5.41, 5.74) is 1.75. The van der Waals surface area contributed by atoms with Crippen LogP contribution in [-0.4, -0.2) is 19.5 Å². The molecule has 1 atom stereocenters. The lowest BCUT2D eigenvalue weighted by atomic mass is 10.0. The molecule has 1 amide bonds. The van der Waals surface area contributed by atoms with Gasteiger partial charge in [0.05, 0.1) is 5.92 Å². The van der Waals surface area contributed by atoms with Crippen molar-refractivity contribution in [2.45, 2.75) is 5.92 Å². The number of carbonyl (C=O) groups is 1. The summed E-state index contributed by atoms with van der Waals surface area (Å²) in [6.07, 6.45) is 0. The van der Waals surface area contributed by atoms with E-state index >= 15 is 0 Å².